The molecule has 6 nitrogen and oxygen atoms in total. The lowest BCUT2D eigenvalue weighted by Crippen LogP contribution is -2.14. The molecule has 20 heavy (non-hydrogen) atoms. The van der Waals surface area contributed by atoms with Gasteiger partial charge in [0.05, 0.1) is 30.5 Å². The lowest BCUT2D eigenvalue weighted by Gasteiger charge is -2.12. The van der Waals surface area contributed by atoms with Crippen LogP contribution in [0.1, 0.15) is 15.9 Å². The molecule has 1 aromatic carbocycles. The number of nitrogens with one attached hydrogen (secondary N) is 2. The molecule has 0 aliphatic carbocycles. The maximum atomic E-state index is 12.3. The van der Waals surface area contributed by atoms with Crippen LogP contribution >= 0.6 is 15.9 Å². The first-order valence-corrected chi connectivity index (χ1v) is 6.59. The molecule has 2 aromatic rings. The van der Waals surface area contributed by atoms with Crippen molar-refractivity contribution in [1.29, 1.82) is 0 Å². The molecule has 2 rings (SSSR count). The minimum atomic E-state index is -0.311. The number of halogens is 1. The number of anilines is 1. The topological polar surface area (TPSA) is 76.2 Å². The lowest BCUT2D eigenvalue weighted by molar-refractivity contribution is 0.102. The second-order valence-electron chi connectivity index (χ2n) is 4.07. The number of methoxy groups -OCH3 is 2. The minimum Gasteiger partial charge on any atom is -0.497 e. The first-order valence-electron chi connectivity index (χ1n) is 5.79. The van der Waals surface area contributed by atoms with E-state index in [1.165, 1.54) is 14.2 Å². The molecule has 0 aliphatic heterocycles. The number of carbonyl (C=O) groups excluding carboxylic acids is 1. The maximum absolute atomic E-state index is 12.3. The summed E-state index contributed by atoms with van der Waals surface area (Å²) < 4.78 is 11.1. The van der Waals surface area contributed by atoms with Gasteiger partial charge in [-0.05, 0) is 35.0 Å². The number of hydrogen-bond acceptors (Lipinski definition) is 4. The molecule has 0 aliphatic rings. The van der Waals surface area contributed by atoms with Crippen LogP contribution in [0, 0.1) is 6.92 Å². The van der Waals surface area contributed by atoms with E-state index in [2.05, 4.69) is 31.4 Å². The number of rotatable bonds is 4. The highest BCUT2D eigenvalue weighted by Gasteiger charge is 2.18. The quantitative estimate of drug-likeness (QED) is 0.897. The summed E-state index contributed by atoms with van der Waals surface area (Å²) >= 11 is 3.35. The maximum Gasteiger partial charge on any atom is 0.260 e. The largest absolute Gasteiger partial charge is 0.497 e. The summed E-state index contributed by atoms with van der Waals surface area (Å²) in [5.74, 6) is 1.24. The van der Waals surface area contributed by atoms with Crippen molar-refractivity contribution in [2.45, 2.75) is 6.92 Å². The summed E-state index contributed by atoms with van der Waals surface area (Å²) in [4.78, 5) is 12.3. The van der Waals surface area contributed by atoms with Gasteiger partial charge >= 0.3 is 0 Å². The fourth-order valence-corrected chi connectivity index (χ4v) is 2.32. The fraction of sp³-hybridized carbons (Fsp3) is 0.231. The van der Waals surface area contributed by atoms with E-state index in [0.717, 1.165) is 5.56 Å². The summed E-state index contributed by atoms with van der Waals surface area (Å²) in [7, 11) is 3.04. The van der Waals surface area contributed by atoms with Gasteiger partial charge in [-0.3, -0.25) is 9.89 Å². The van der Waals surface area contributed by atoms with Crippen molar-refractivity contribution in [3.05, 3.63) is 33.9 Å². The Kier molecular flexibility index (Phi) is 4.29. The zero-order valence-electron chi connectivity index (χ0n) is 11.3. The van der Waals surface area contributed by atoms with Gasteiger partial charge in [0, 0.05) is 5.56 Å². The van der Waals surface area contributed by atoms with Crippen LogP contribution in [0.25, 0.3) is 0 Å². The van der Waals surface area contributed by atoms with Crippen LogP contribution in [0.5, 0.6) is 11.5 Å². The van der Waals surface area contributed by atoms with Gasteiger partial charge in [0.2, 0.25) is 0 Å². The Hall–Kier alpha value is -2.02. The molecule has 0 saturated carbocycles. The van der Waals surface area contributed by atoms with Crippen molar-refractivity contribution in [3.8, 4) is 11.5 Å². The third kappa shape index (κ3) is 2.77. The number of H-pyrrole nitrogens is 1. The summed E-state index contributed by atoms with van der Waals surface area (Å²) in [6.45, 7) is 1.85. The van der Waals surface area contributed by atoms with E-state index < -0.39 is 0 Å². The average molecular weight is 340 g/mol. The van der Waals surface area contributed by atoms with Gasteiger partial charge in [0.1, 0.15) is 17.3 Å². The Labute approximate surface area is 124 Å². The summed E-state index contributed by atoms with van der Waals surface area (Å²) in [6, 6.07) is 3.35. The molecular weight excluding hydrogens is 326 g/mol. The number of benzene rings is 1. The molecule has 2 N–H and O–H groups in total. The Bertz CT molecular complexity index is 640. The number of aromatic nitrogens is 2. The molecule has 106 valence electrons. The number of aromatic amines is 1. The van der Waals surface area contributed by atoms with E-state index in [1.807, 2.05) is 6.92 Å². The highest BCUT2D eigenvalue weighted by molar-refractivity contribution is 9.10. The van der Waals surface area contributed by atoms with E-state index in [4.69, 9.17) is 9.47 Å². The van der Waals surface area contributed by atoms with Crippen LogP contribution in [0.2, 0.25) is 0 Å². The highest BCUT2D eigenvalue weighted by atomic mass is 79.9. The van der Waals surface area contributed by atoms with Crippen molar-refractivity contribution >= 4 is 27.7 Å². The molecule has 0 fully saturated rings. The standard InChI is InChI=1S/C13H14BrN3O3/c1-7-6-15-17-12(7)16-13(18)9-4-8(19-2)5-10(14)11(9)20-3/h4-6H,1-3H3,(H2,15,16,17,18). The summed E-state index contributed by atoms with van der Waals surface area (Å²) in [5.41, 5.74) is 1.21. The fourth-order valence-electron chi connectivity index (χ4n) is 1.72. The van der Waals surface area contributed by atoms with Crippen LogP contribution in [0.4, 0.5) is 5.82 Å². The monoisotopic (exact) mass is 339 g/mol. The van der Waals surface area contributed by atoms with Gasteiger partial charge in [-0.25, -0.2) is 0 Å². The van der Waals surface area contributed by atoms with E-state index >= 15 is 0 Å². The highest BCUT2D eigenvalue weighted by Crippen LogP contribution is 2.34. The Morgan fingerprint density at radius 1 is 1.35 bits per heavy atom. The second kappa shape index (κ2) is 5.96. The number of carbonyl (C=O) groups is 1. The first kappa shape index (κ1) is 14.4. The predicted molar refractivity (Wildman–Crippen MR) is 78.5 cm³/mol. The van der Waals surface area contributed by atoms with Crippen LogP contribution in [-0.2, 0) is 0 Å². The summed E-state index contributed by atoms with van der Waals surface area (Å²) in [6.07, 6.45) is 1.63. The zero-order valence-corrected chi connectivity index (χ0v) is 12.9. The average Bonchev–Trinajstić information content (AvgIpc) is 2.83. The van der Waals surface area contributed by atoms with Gasteiger partial charge < -0.3 is 14.8 Å². The van der Waals surface area contributed by atoms with Crippen molar-refractivity contribution in [3.63, 3.8) is 0 Å². The van der Waals surface area contributed by atoms with Crippen LogP contribution < -0.4 is 14.8 Å². The molecular formula is C13H14BrN3O3. The molecule has 0 bridgehead atoms. The van der Waals surface area contributed by atoms with Gasteiger partial charge in [0.25, 0.3) is 5.91 Å². The van der Waals surface area contributed by atoms with Crippen molar-refractivity contribution in [2.24, 2.45) is 0 Å². The molecule has 0 saturated heterocycles. The molecule has 0 radical (unpaired) electrons. The molecule has 0 atom stereocenters. The molecule has 0 unspecified atom stereocenters. The van der Waals surface area contributed by atoms with Gasteiger partial charge in [-0.1, -0.05) is 0 Å². The number of ether oxygens (including phenoxy) is 2. The SMILES string of the molecule is COc1cc(Br)c(OC)c(C(=O)Nc2[nH]ncc2C)c1. The van der Waals surface area contributed by atoms with Crippen molar-refractivity contribution in [2.75, 3.05) is 19.5 Å². The molecule has 1 amide bonds. The van der Waals surface area contributed by atoms with E-state index in [0.29, 0.717) is 27.4 Å². The number of amides is 1. The van der Waals surface area contributed by atoms with Crippen molar-refractivity contribution in [1.82, 2.24) is 10.2 Å². The molecule has 1 aromatic heterocycles. The number of aryl methyl sites for hydroxylation is 1. The van der Waals surface area contributed by atoms with Crippen molar-refractivity contribution < 1.29 is 14.3 Å². The first-order chi connectivity index (χ1) is 9.56. The minimum absolute atomic E-state index is 0.311. The van der Waals surface area contributed by atoms with Crippen LogP contribution in [-0.4, -0.2) is 30.3 Å². The molecule has 1 heterocycles. The normalized spacial score (nSPS) is 10.2. The summed E-state index contributed by atoms with van der Waals surface area (Å²) in [5, 5.41) is 9.32. The smallest absolute Gasteiger partial charge is 0.260 e. The van der Waals surface area contributed by atoms with Crippen LogP contribution in [0.15, 0.2) is 22.8 Å². The Balaban J connectivity index is 2.38. The number of nitrogens with zero attached hydrogens (tertiary/aromatic N) is 1. The van der Waals surface area contributed by atoms with E-state index in [1.54, 1.807) is 18.3 Å². The third-order valence-electron chi connectivity index (χ3n) is 2.77. The van der Waals surface area contributed by atoms with Gasteiger partial charge in [-0.2, -0.15) is 5.10 Å². The second-order valence-corrected chi connectivity index (χ2v) is 4.93. The van der Waals surface area contributed by atoms with Gasteiger partial charge in [-0.15, -0.1) is 0 Å². The van der Waals surface area contributed by atoms with E-state index in [-0.39, 0.29) is 5.91 Å². The molecule has 0 spiro atoms. The molecule has 7 heteroatoms. The third-order valence-corrected chi connectivity index (χ3v) is 3.36. The Morgan fingerprint density at radius 2 is 2.10 bits per heavy atom. The lowest BCUT2D eigenvalue weighted by atomic mass is 10.1. The number of hydrogen-bond donors (Lipinski definition) is 2. The van der Waals surface area contributed by atoms with E-state index in [9.17, 15) is 4.79 Å². The predicted octanol–water partition coefficient (Wildman–Crippen LogP) is 2.75. The van der Waals surface area contributed by atoms with Crippen LogP contribution in [0.3, 0.4) is 0 Å². The Morgan fingerprint density at radius 3 is 2.65 bits per heavy atom. The van der Waals surface area contributed by atoms with Gasteiger partial charge in [0.15, 0.2) is 0 Å². The zero-order chi connectivity index (χ0) is 14.7.